The summed E-state index contributed by atoms with van der Waals surface area (Å²) in [6, 6.07) is 11.4. The minimum absolute atomic E-state index is 0.0182. The van der Waals surface area contributed by atoms with Gasteiger partial charge in [-0.25, -0.2) is 0 Å². The number of hydrogen-bond donors (Lipinski definition) is 1. The van der Waals surface area contributed by atoms with Crippen LogP contribution in [0.3, 0.4) is 0 Å². The Kier molecular flexibility index (Phi) is 5.76. The lowest BCUT2D eigenvalue weighted by Crippen LogP contribution is -2.22. The van der Waals surface area contributed by atoms with Crippen LogP contribution < -0.4 is 5.32 Å². The first kappa shape index (κ1) is 16.1. The van der Waals surface area contributed by atoms with E-state index in [9.17, 15) is 0 Å². The van der Waals surface area contributed by atoms with Crippen LogP contribution in [0.15, 0.2) is 40.9 Å². The monoisotopic (exact) mass is 391 g/mol. The summed E-state index contributed by atoms with van der Waals surface area (Å²) in [6.45, 7) is 2.87. The lowest BCUT2D eigenvalue weighted by molar-refractivity contribution is 0.631. The largest absolute Gasteiger partial charge is 0.306 e. The first-order valence-electron chi connectivity index (χ1n) is 6.16. The van der Waals surface area contributed by atoms with Gasteiger partial charge in [-0.05, 0) is 57.9 Å². The second kappa shape index (κ2) is 7.15. The third-order valence-electron chi connectivity index (χ3n) is 2.96. The summed E-state index contributed by atoms with van der Waals surface area (Å²) >= 11 is 21.9. The average Bonchev–Trinajstić information content (AvgIpc) is 2.40. The molecule has 0 aliphatic rings. The lowest BCUT2D eigenvalue weighted by atomic mass is 9.98. The van der Waals surface area contributed by atoms with Crippen molar-refractivity contribution in [2.45, 2.75) is 13.0 Å². The fraction of sp³-hybridized carbons (Fsp3) is 0.200. The minimum Gasteiger partial charge on any atom is -0.306 e. The fourth-order valence-corrected chi connectivity index (χ4v) is 2.99. The molecule has 5 heteroatoms. The highest BCUT2D eigenvalue weighted by atomic mass is 79.9. The van der Waals surface area contributed by atoms with E-state index in [0.717, 1.165) is 22.1 Å². The van der Waals surface area contributed by atoms with Crippen molar-refractivity contribution in [2.24, 2.45) is 0 Å². The Balaban J connectivity index is 2.47. The number of benzene rings is 2. The molecule has 2 rings (SSSR count). The summed E-state index contributed by atoms with van der Waals surface area (Å²) < 4.78 is 0.875. The van der Waals surface area contributed by atoms with Crippen LogP contribution in [-0.4, -0.2) is 6.54 Å². The zero-order valence-corrected chi connectivity index (χ0v) is 14.6. The molecule has 20 heavy (non-hydrogen) atoms. The lowest BCUT2D eigenvalue weighted by Gasteiger charge is -2.21. The molecule has 2 aromatic rings. The Morgan fingerprint density at radius 3 is 2.40 bits per heavy atom. The topological polar surface area (TPSA) is 12.0 Å². The normalized spacial score (nSPS) is 12.4. The van der Waals surface area contributed by atoms with E-state index in [1.165, 1.54) is 0 Å². The van der Waals surface area contributed by atoms with E-state index in [-0.39, 0.29) is 6.04 Å². The summed E-state index contributed by atoms with van der Waals surface area (Å²) in [5.41, 5.74) is 2.04. The van der Waals surface area contributed by atoms with E-state index in [2.05, 4.69) is 28.2 Å². The molecule has 0 fully saturated rings. The summed E-state index contributed by atoms with van der Waals surface area (Å²) in [4.78, 5) is 0. The van der Waals surface area contributed by atoms with E-state index in [0.29, 0.717) is 15.1 Å². The predicted octanol–water partition coefficient (Wildman–Crippen LogP) is 6.11. The average molecular weight is 394 g/mol. The summed E-state index contributed by atoms with van der Waals surface area (Å²) in [7, 11) is 0. The van der Waals surface area contributed by atoms with Crippen LogP contribution in [0.1, 0.15) is 24.1 Å². The third kappa shape index (κ3) is 3.69. The molecule has 1 N–H and O–H groups in total. The predicted molar refractivity (Wildman–Crippen MR) is 91.1 cm³/mol. The molecule has 106 valence electrons. The fourth-order valence-electron chi connectivity index (χ4n) is 2.04. The molecule has 1 nitrogen and oxygen atoms in total. The van der Waals surface area contributed by atoms with Gasteiger partial charge in [0.05, 0.1) is 11.1 Å². The Hall–Kier alpha value is -0.250. The van der Waals surface area contributed by atoms with E-state index in [1.54, 1.807) is 6.07 Å². The van der Waals surface area contributed by atoms with Gasteiger partial charge < -0.3 is 5.32 Å². The van der Waals surface area contributed by atoms with Gasteiger partial charge in [0, 0.05) is 14.5 Å². The van der Waals surface area contributed by atoms with Gasteiger partial charge in [0.15, 0.2) is 0 Å². The molecule has 1 atom stereocenters. The summed E-state index contributed by atoms with van der Waals surface area (Å²) in [5.74, 6) is 0. The van der Waals surface area contributed by atoms with Gasteiger partial charge in [-0.15, -0.1) is 0 Å². The second-order valence-corrected chi connectivity index (χ2v) is 6.44. The van der Waals surface area contributed by atoms with Gasteiger partial charge in [-0.1, -0.05) is 53.9 Å². The molecule has 0 heterocycles. The van der Waals surface area contributed by atoms with Crippen molar-refractivity contribution >= 4 is 50.7 Å². The Morgan fingerprint density at radius 2 is 1.80 bits per heavy atom. The van der Waals surface area contributed by atoms with Crippen molar-refractivity contribution in [3.8, 4) is 0 Å². The molecular formula is C15H13BrCl3N. The summed E-state index contributed by atoms with van der Waals surface area (Å²) in [6.07, 6.45) is 0. The molecule has 0 spiro atoms. The van der Waals surface area contributed by atoms with Gasteiger partial charge >= 0.3 is 0 Å². The minimum atomic E-state index is -0.0182. The van der Waals surface area contributed by atoms with Gasteiger partial charge in [-0.3, -0.25) is 0 Å². The highest BCUT2D eigenvalue weighted by Crippen LogP contribution is 2.33. The van der Waals surface area contributed by atoms with Crippen molar-refractivity contribution in [1.29, 1.82) is 0 Å². The smallest absolute Gasteiger partial charge is 0.0591 e. The van der Waals surface area contributed by atoms with Crippen molar-refractivity contribution in [3.05, 3.63) is 67.1 Å². The van der Waals surface area contributed by atoms with Crippen LogP contribution >= 0.6 is 50.7 Å². The highest BCUT2D eigenvalue weighted by Gasteiger charge is 2.17. The molecule has 0 aliphatic carbocycles. The van der Waals surface area contributed by atoms with Crippen molar-refractivity contribution in [3.63, 3.8) is 0 Å². The molecule has 0 aromatic heterocycles. The zero-order chi connectivity index (χ0) is 14.7. The third-order valence-corrected chi connectivity index (χ3v) is 4.75. The number of rotatable bonds is 4. The van der Waals surface area contributed by atoms with Gasteiger partial charge in [0.1, 0.15) is 0 Å². The van der Waals surface area contributed by atoms with Crippen molar-refractivity contribution in [1.82, 2.24) is 5.32 Å². The van der Waals surface area contributed by atoms with E-state index >= 15 is 0 Å². The zero-order valence-electron chi connectivity index (χ0n) is 10.8. The first-order valence-corrected chi connectivity index (χ1v) is 8.09. The van der Waals surface area contributed by atoms with Gasteiger partial charge in [-0.2, -0.15) is 0 Å². The van der Waals surface area contributed by atoms with Crippen molar-refractivity contribution in [2.75, 3.05) is 6.54 Å². The Bertz CT molecular complexity index is 616. The number of nitrogens with one attached hydrogen (secondary N) is 1. The highest BCUT2D eigenvalue weighted by molar-refractivity contribution is 9.10. The molecular weight excluding hydrogens is 380 g/mol. The van der Waals surface area contributed by atoms with Crippen LogP contribution in [0.25, 0.3) is 0 Å². The molecule has 0 amide bonds. The van der Waals surface area contributed by atoms with Gasteiger partial charge in [0.2, 0.25) is 0 Å². The molecule has 2 aromatic carbocycles. The number of halogens is 4. The quantitative estimate of drug-likeness (QED) is 0.661. The van der Waals surface area contributed by atoms with E-state index < -0.39 is 0 Å². The maximum absolute atomic E-state index is 6.31. The van der Waals surface area contributed by atoms with Crippen LogP contribution in [0.2, 0.25) is 15.1 Å². The summed E-state index contributed by atoms with van der Waals surface area (Å²) in [5, 5.41) is 5.37. The van der Waals surface area contributed by atoms with Gasteiger partial charge in [0.25, 0.3) is 0 Å². The van der Waals surface area contributed by atoms with Crippen LogP contribution in [0.5, 0.6) is 0 Å². The Labute approximate surface area is 142 Å². The maximum Gasteiger partial charge on any atom is 0.0591 e. The SMILES string of the molecule is CCNC(c1ccc(Br)c(Cl)c1)c1ccc(Cl)cc1Cl. The molecule has 0 saturated heterocycles. The standard InChI is InChI=1S/C15H13BrCl3N/c1-2-20-15(9-3-6-12(16)14(19)7-9)11-5-4-10(17)8-13(11)18/h3-8,15,20H,2H2,1H3. The van der Waals surface area contributed by atoms with Crippen LogP contribution in [0.4, 0.5) is 0 Å². The molecule has 0 saturated carbocycles. The van der Waals surface area contributed by atoms with E-state index in [4.69, 9.17) is 34.8 Å². The van der Waals surface area contributed by atoms with Crippen molar-refractivity contribution < 1.29 is 0 Å². The molecule has 0 aliphatic heterocycles. The Morgan fingerprint density at radius 1 is 1.05 bits per heavy atom. The van der Waals surface area contributed by atoms with E-state index in [1.807, 2.05) is 30.3 Å². The number of hydrogen-bond acceptors (Lipinski definition) is 1. The van der Waals surface area contributed by atoms with Crippen LogP contribution in [-0.2, 0) is 0 Å². The molecule has 1 unspecified atom stereocenters. The molecule has 0 radical (unpaired) electrons. The molecule has 0 bridgehead atoms. The second-order valence-electron chi connectivity index (χ2n) is 4.33. The first-order chi connectivity index (χ1) is 9.52. The van der Waals surface area contributed by atoms with Crippen LogP contribution in [0, 0.1) is 0 Å². The maximum atomic E-state index is 6.31.